The van der Waals surface area contributed by atoms with Crippen molar-refractivity contribution in [1.82, 2.24) is 9.13 Å². The molecule has 0 bridgehead atoms. The summed E-state index contributed by atoms with van der Waals surface area (Å²) >= 11 is 0. The van der Waals surface area contributed by atoms with Gasteiger partial charge in [-0.05, 0) is 30.7 Å². The van der Waals surface area contributed by atoms with Crippen molar-refractivity contribution in [2.24, 2.45) is 0 Å². The van der Waals surface area contributed by atoms with Crippen molar-refractivity contribution in [1.29, 1.82) is 0 Å². The molecule has 27 heavy (non-hydrogen) atoms. The van der Waals surface area contributed by atoms with Gasteiger partial charge in [-0.15, -0.1) is 0 Å². The van der Waals surface area contributed by atoms with Crippen molar-refractivity contribution in [3.8, 4) is 11.5 Å². The van der Waals surface area contributed by atoms with Crippen LogP contribution < -0.4 is 20.5 Å². The van der Waals surface area contributed by atoms with E-state index < -0.39 is 0 Å². The van der Waals surface area contributed by atoms with E-state index in [2.05, 4.69) is 5.32 Å². The topological polar surface area (TPSA) is 74.5 Å². The summed E-state index contributed by atoms with van der Waals surface area (Å²) in [6.07, 6.45) is 0.845. The summed E-state index contributed by atoms with van der Waals surface area (Å²) in [7, 11) is 0. The minimum absolute atomic E-state index is 0.0511. The second-order valence-electron chi connectivity index (χ2n) is 6.42. The number of fused-ring (bicyclic) bond motifs is 2. The smallest absolute Gasteiger partial charge is 0.329 e. The number of aromatic nitrogens is 2. The summed E-state index contributed by atoms with van der Waals surface area (Å²) in [5.74, 6) is 1.00. The minimum atomic E-state index is -0.270. The second-order valence-corrected chi connectivity index (χ2v) is 6.42. The number of nitrogens with one attached hydrogen (secondary N) is 1. The predicted octanol–water partition coefficient (Wildman–Crippen LogP) is 2.62. The summed E-state index contributed by atoms with van der Waals surface area (Å²) in [4.78, 5) is 25.3. The largest absolute Gasteiger partial charge is 0.486 e. The van der Waals surface area contributed by atoms with Crippen molar-refractivity contribution in [3.63, 3.8) is 0 Å². The van der Waals surface area contributed by atoms with Crippen LogP contribution >= 0.6 is 0 Å². The molecule has 0 fully saturated rings. The van der Waals surface area contributed by atoms with Crippen LogP contribution in [0, 0.1) is 0 Å². The van der Waals surface area contributed by atoms with Crippen LogP contribution in [0.15, 0.2) is 47.3 Å². The van der Waals surface area contributed by atoms with Crippen LogP contribution in [0.25, 0.3) is 11.0 Å². The molecule has 0 aliphatic carbocycles. The lowest BCUT2D eigenvalue weighted by Gasteiger charge is -2.19. The fourth-order valence-corrected chi connectivity index (χ4v) is 3.33. The van der Waals surface area contributed by atoms with E-state index >= 15 is 0 Å². The zero-order chi connectivity index (χ0) is 18.8. The molecule has 1 aliphatic rings. The molecule has 0 saturated carbocycles. The van der Waals surface area contributed by atoms with E-state index in [1.165, 1.54) is 4.57 Å². The molecule has 2 aromatic carbocycles. The maximum atomic E-state index is 12.8. The highest BCUT2D eigenvalue weighted by Gasteiger charge is 2.16. The number of hydrogen-bond acceptors (Lipinski definition) is 4. The standard InChI is InChI=1S/C20H21N3O4/c1-2-9-22-15-5-3-4-6-16(15)23(20(22)25)13-19(24)21-14-7-8-17-18(12-14)27-11-10-26-17/h3-8,12H,2,9-11,13H2,1H3,(H,21,24). The number of aryl methyl sites for hydroxylation is 1. The molecule has 7 heteroatoms. The number of ether oxygens (including phenoxy) is 2. The van der Waals surface area contributed by atoms with Gasteiger partial charge in [0.05, 0.1) is 11.0 Å². The Labute approximate surface area is 156 Å². The van der Waals surface area contributed by atoms with E-state index in [0.29, 0.717) is 36.9 Å². The molecule has 1 aromatic heterocycles. The van der Waals surface area contributed by atoms with Crippen molar-refractivity contribution in [3.05, 3.63) is 52.9 Å². The molecule has 1 N–H and O–H groups in total. The number of nitrogens with zero attached hydrogens (tertiary/aromatic N) is 2. The van der Waals surface area contributed by atoms with E-state index in [0.717, 1.165) is 17.5 Å². The molecule has 1 aliphatic heterocycles. The maximum Gasteiger partial charge on any atom is 0.329 e. The third-order valence-corrected chi connectivity index (χ3v) is 4.50. The van der Waals surface area contributed by atoms with Crippen LogP contribution in [-0.2, 0) is 17.9 Å². The van der Waals surface area contributed by atoms with Gasteiger partial charge in [0.1, 0.15) is 19.8 Å². The normalized spacial score (nSPS) is 12.9. The summed E-state index contributed by atoms with van der Waals surface area (Å²) in [6, 6.07) is 12.8. The highest BCUT2D eigenvalue weighted by Crippen LogP contribution is 2.32. The number of carbonyl (C=O) groups excluding carboxylic acids is 1. The summed E-state index contributed by atoms with van der Waals surface area (Å²) in [5.41, 5.74) is 2.04. The number of carbonyl (C=O) groups is 1. The first-order chi connectivity index (χ1) is 13.2. The Balaban J connectivity index is 1.58. The third kappa shape index (κ3) is 3.28. The highest BCUT2D eigenvalue weighted by atomic mass is 16.6. The van der Waals surface area contributed by atoms with Gasteiger partial charge in [-0.25, -0.2) is 4.79 Å². The molecule has 1 amide bonds. The maximum absolute atomic E-state index is 12.8. The Hall–Kier alpha value is -3.22. The first-order valence-electron chi connectivity index (χ1n) is 9.05. The van der Waals surface area contributed by atoms with Gasteiger partial charge in [-0.2, -0.15) is 0 Å². The van der Waals surface area contributed by atoms with Gasteiger partial charge in [0, 0.05) is 18.3 Å². The number of anilines is 1. The fraction of sp³-hybridized carbons (Fsp3) is 0.300. The quantitative estimate of drug-likeness (QED) is 0.752. The van der Waals surface area contributed by atoms with E-state index in [1.54, 1.807) is 22.8 Å². The van der Waals surface area contributed by atoms with Gasteiger partial charge in [0.2, 0.25) is 5.91 Å². The second kappa shape index (κ2) is 7.19. The Bertz CT molecular complexity index is 1050. The van der Waals surface area contributed by atoms with Crippen LogP contribution in [0.5, 0.6) is 11.5 Å². The Morgan fingerprint density at radius 3 is 2.48 bits per heavy atom. The van der Waals surface area contributed by atoms with E-state index in [-0.39, 0.29) is 18.1 Å². The van der Waals surface area contributed by atoms with Gasteiger partial charge < -0.3 is 14.8 Å². The molecule has 7 nitrogen and oxygen atoms in total. The van der Waals surface area contributed by atoms with E-state index in [9.17, 15) is 9.59 Å². The Kier molecular flexibility index (Phi) is 4.58. The lowest BCUT2D eigenvalue weighted by molar-refractivity contribution is -0.116. The van der Waals surface area contributed by atoms with Gasteiger partial charge in [-0.3, -0.25) is 13.9 Å². The van der Waals surface area contributed by atoms with Gasteiger partial charge in [0.25, 0.3) is 0 Å². The number of benzene rings is 2. The molecule has 3 aromatic rings. The average Bonchev–Trinajstić information content (AvgIpc) is 2.94. The summed E-state index contributed by atoms with van der Waals surface area (Å²) < 4.78 is 14.2. The molecular formula is C20H21N3O4. The molecule has 0 atom stereocenters. The van der Waals surface area contributed by atoms with Crippen LogP contribution in [-0.4, -0.2) is 28.3 Å². The lowest BCUT2D eigenvalue weighted by Crippen LogP contribution is -2.29. The average molecular weight is 367 g/mol. The zero-order valence-electron chi connectivity index (χ0n) is 15.1. The minimum Gasteiger partial charge on any atom is -0.486 e. The molecule has 0 unspecified atom stereocenters. The third-order valence-electron chi connectivity index (χ3n) is 4.50. The first-order valence-corrected chi connectivity index (χ1v) is 9.05. The summed E-state index contributed by atoms with van der Waals surface area (Å²) in [6.45, 7) is 3.59. The van der Waals surface area contributed by atoms with Gasteiger partial charge >= 0.3 is 5.69 Å². The first kappa shape index (κ1) is 17.2. The van der Waals surface area contributed by atoms with Crippen LogP contribution in [0.2, 0.25) is 0 Å². The Morgan fingerprint density at radius 1 is 1.04 bits per heavy atom. The summed E-state index contributed by atoms with van der Waals surface area (Å²) in [5, 5.41) is 2.83. The molecule has 0 spiro atoms. The monoisotopic (exact) mass is 367 g/mol. The molecule has 140 valence electrons. The number of para-hydroxylation sites is 2. The van der Waals surface area contributed by atoms with E-state index in [1.807, 2.05) is 31.2 Å². The van der Waals surface area contributed by atoms with Crippen LogP contribution in [0.3, 0.4) is 0 Å². The molecular weight excluding hydrogens is 346 g/mol. The van der Waals surface area contributed by atoms with Crippen molar-refractivity contribution in [2.45, 2.75) is 26.4 Å². The predicted molar refractivity (Wildman–Crippen MR) is 103 cm³/mol. The van der Waals surface area contributed by atoms with E-state index in [4.69, 9.17) is 9.47 Å². The fourth-order valence-electron chi connectivity index (χ4n) is 3.33. The molecule has 4 rings (SSSR count). The van der Waals surface area contributed by atoms with Crippen molar-refractivity contribution in [2.75, 3.05) is 18.5 Å². The van der Waals surface area contributed by atoms with Gasteiger partial charge in [-0.1, -0.05) is 19.1 Å². The van der Waals surface area contributed by atoms with Crippen molar-refractivity contribution >= 4 is 22.6 Å². The number of amides is 1. The lowest BCUT2D eigenvalue weighted by atomic mass is 10.2. The van der Waals surface area contributed by atoms with Crippen LogP contribution in [0.1, 0.15) is 13.3 Å². The highest BCUT2D eigenvalue weighted by molar-refractivity contribution is 5.92. The van der Waals surface area contributed by atoms with Crippen molar-refractivity contribution < 1.29 is 14.3 Å². The SMILES string of the molecule is CCCn1c(=O)n(CC(=O)Nc2ccc3c(c2)OCCO3)c2ccccc21. The van der Waals surface area contributed by atoms with Crippen LogP contribution in [0.4, 0.5) is 5.69 Å². The Morgan fingerprint density at radius 2 is 1.74 bits per heavy atom. The number of rotatable bonds is 5. The number of hydrogen-bond donors (Lipinski definition) is 1. The molecule has 0 saturated heterocycles. The number of imidazole rings is 1. The van der Waals surface area contributed by atoms with Gasteiger partial charge in [0.15, 0.2) is 11.5 Å². The molecule has 2 heterocycles. The molecule has 0 radical (unpaired) electrons. The zero-order valence-corrected chi connectivity index (χ0v) is 15.1.